The Labute approximate surface area is 119 Å². The first kappa shape index (κ1) is 15.6. The molecule has 0 saturated carbocycles. The van der Waals surface area contributed by atoms with Gasteiger partial charge in [0.05, 0.1) is 22.4 Å². The maximum absolute atomic E-state index is 11.9. The summed E-state index contributed by atoms with van der Waals surface area (Å²) in [4.78, 5) is 10.8. The van der Waals surface area contributed by atoms with Crippen LogP contribution in [0.1, 0.15) is 17.3 Å². The summed E-state index contributed by atoms with van der Waals surface area (Å²) in [6.07, 6.45) is 0. The molecule has 1 rings (SSSR count). The number of nitrogens with zero attached hydrogens (tertiary/aromatic N) is 1. The molecule has 2 N–H and O–H groups in total. The zero-order valence-electron chi connectivity index (χ0n) is 9.92. The predicted octanol–water partition coefficient (Wildman–Crippen LogP) is 1.59. The minimum absolute atomic E-state index is 0.0305. The third-order valence-corrected chi connectivity index (χ3v) is 4.39. The van der Waals surface area contributed by atoms with Gasteiger partial charge in [-0.15, -0.1) is 0 Å². The molecule has 1 atom stereocenters. The number of aromatic carboxylic acids is 1. The van der Waals surface area contributed by atoms with Crippen molar-refractivity contribution in [2.45, 2.75) is 11.8 Å². The molecule has 0 aromatic heterocycles. The van der Waals surface area contributed by atoms with E-state index < -0.39 is 21.9 Å². The molecule has 0 fully saturated rings. The minimum Gasteiger partial charge on any atom is -0.478 e. The highest BCUT2D eigenvalue weighted by Crippen LogP contribution is 2.21. The molecule has 0 amide bonds. The van der Waals surface area contributed by atoms with E-state index in [1.807, 2.05) is 6.07 Å². The van der Waals surface area contributed by atoms with E-state index in [4.69, 9.17) is 10.4 Å². The Bertz CT molecular complexity index is 637. The number of halogens is 1. The van der Waals surface area contributed by atoms with Crippen molar-refractivity contribution in [1.29, 1.82) is 5.26 Å². The van der Waals surface area contributed by atoms with Crippen molar-refractivity contribution < 1.29 is 18.3 Å². The van der Waals surface area contributed by atoms with Crippen LogP contribution in [0.25, 0.3) is 0 Å². The lowest BCUT2D eigenvalue weighted by molar-refractivity contribution is 0.0695. The van der Waals surface area contributed by atoms with Crippen LogP contribution in [0.3, 0.4) is 0 Å². The van der Waals surface area contributed by atoms with Crippen molar-refractivity contribution in [1.82, 2.24) is 4.72 Å². The molecule has 0 aliphatic heterocycles. The third kappa shape index (κ3) is 4.02. The van der Waals surface area contributed by atoms with Gasteiger partial charge in [0, 0.05) is 11.0 Å². The van der Waals surface area contributed by atoms with Gasteiger partial charge in [-0.05, 0) is 41.1 Å². The Morgan fingerprint density at radius 3 is 2.74 bits per heavy atom. The summed E-state index contributed by atoms with van der Waals surface area (Å²) >= 11 is 3.03. The number of nitriles is 1. The largest absolute Gasteiger partial charge is 0.478 e. The quantitative estimate of drug-likeness (QED) is 0.841. The number of nitrogens with one attached hydrogen (secondary N) is 1. The molecule has 102 valence electrons. The highest BCUT2D eigenvalue weighted by atomic mass is 79.9. The second-order valence-electron chi connectivity index (χ2n) is 3.83. The first-order chi connectivity index (χ1) is 8.77. The monoisotopic (exact) mass is 346 g/mol. The summed E-state index contributed by atoms with van der Waals surface area (Å²) in [5.74, 6) is -1.70. The summed E-state index contributed by atoms with van der Waals surface area (Å²) in [7, 11) is -3.82. The summed E-state index contributed by atoms with van der Waals surface area (Å²) in [6, 6.07) is 5.60. The van der Waals surface area contributed by atoms with E-state index in [1.54, 1.807) is 6.92 Å². The maximum Gasteiger partial charge on any atom is 0.336 e. The second kappa shape index (κ2) is 6.14. The van der Waals surface area contributed by atoms with Crippen molar-refractivity contribution in [3.63, 3.8) is 0 Å². The Balaban J connectivity index is 3.06. The Hall–Kier alpha value is -1.43. The van der Waals surface area contributed by atoms with Crippen LogP contribution < -0.4 is 4.72 Å². The number of carboxylic acids is 1. The normalized spacial score (nSPS) is 12.7. The number of carboxylic acid groups (broad SMARTS) is 1. The average molecular weight is 347 g/mol. The van der Waals surface area contributed by atoms with Crippen molar-refractivity contribution in [2.24, 2.45) is 5.92 Å². The first-order valence-corrected chi connectivity index (χ1v) is 7.47. The summed E-state index contributed by atoms with van der Waals surface area (Å²) in [5.41, 5.74) is -0.142. The van der Waals surface area contributed by atoms with Crippen molar-refractivity contribution in [3.8, 4) is 6.07 Å². The van der Waals surface area contributed by atoms with Gasteiger partial charge >= 0.3 is 5.97 Å². The number of hydrogen-bond acceptors (Lipinski definition) is 4. The fourth-order valence-corrected chi connectivity index (χ4v) is 2.77. The molecule has 0 heterocycles. The van der Waals surface area contributed by atoms with E-state index in [1.165, 1.54) is 12.1 Å². The number of rotatable bonds is 5. The molecule has 1 unspecified atom stereocenters. The van der Waals surface area contributed by atoms with Crippen molar-refractivity contribution in [3.05, 3.63) is 28.2 Å². The van der Waals surface area contributed by atoms with Crippen molar-refractivity contribution in [2.75, 3.05) is 6.54 Å². The lowest BCUT2D eigenvalue weighted by Crippen LogP contribution is -2.28. The molecule has 8 heteroatoms. The Kier molecular flexibility index (Phi) is 5.05. The van der Waals surface area contributed by atoms with Crippen LogP contribution in [0.15, 0.2) is 27.6 Å². The standard InChI is InChI=1S/C11H11BrN2O4S/c1-7(5-13)6-14-19(17,18)8-2-3-10(12)9(4-8)11(15)16/h2-4,7,14H,6H2,1H3,(H,15,16). The van der Waals surface area contributed by atoms with Crippen LogP contribution >= 0.6 is 15.9 Å². The van der Waals surface area contributed by atoms with E-state index in [-0.39, 0.29) is 17.0 Å². The smallest absolute Gasteiger partial charge is 0.336 e. The predicted molar refractivity (Wildman–Crippen MR) is 71.1 cm³/mol. The zero-order valence-corrected chi connectivity index (χ0v) is 12.3. The van der Waals surface area contributed by atoms with Crippen LogP contribution in [-0.4, -0.2) is 26.0 Å². The van der Waals surface area contributed by atoms with E-state index >= 15 is 0 Å². The number of benzene rings is 1. The molecule has 1 aromatic rings. The van der Waals surface area contributed by atoms with Crippen LogP contribution in [0.5, 0.6) is 0 Å². The van der Waals surface area contributed by atoms with E-state index in [0.29, 0.717) is 4.47 Å². The van der Waals surface area contributed by atoms with Gasteiger partial charge in [-0.1, -0.05) is 0 Å². The van der Waals surface area contributed by atoms with Gasteiger partial charge in [0.15, 0.2) is 0 Å². The van der Waals surface area contributed by atoms with E-state index in [9.17, 15) is 13.2 Å². The molecule has 0 spiro atoms. The van der Waals surface area contributed by atoms with Crippen molar-refractivity contribution >= 4 is 31.9 Å². The van der Waals surface area contributed by atoms with Gasteiger partial charge in [0.25, 0.3) is 0 Å². The molecule has 0 saturated heterocycles. The van der Waals surface area contributed by atoms with Gasteiger partial charge in [-0.25, -0.2) is 17.9 Å². The highest BCUT2D eigenvalue weighted by Gasteiger charge is 2.18. The summed E-state index contributed by atoms with van der Waals surface area (Å²) in [5, 5.41) is 17.5. The first-order valence-electron chi connectivity index (χ1n) is 5.20. The number of hydrogen-bond donors (Lipinski definition) is 2. The average Bonchev–Trinajstić information content (AvgIpc) is 2.35. The van der Waals surface area contributed by atoms with Gasteiger partial charge in [-0.2, -0.15) is 5.26 Å². The molecule has 0 aliphatic rings. The van der Waals surface area contributed by atoms with Gasteiger partial charge in [0.1, 0.15) is 0 Å². The minimum atomic E-state index is -3.82. The third-order valence-electron chi connectivity index (χ3n) is 2.28. The molecule has 0 radical (unpaired) electrons. The highest BCUT2D eigenvalue weighted by molar-refractivity contribution is 9.10. The molecule has 1 aromatic carbocycles. The van der Waals surface area contributed by atoms with Gasteiger partial charge in [-0.3, -0.25) is 0 Å². The Morgan fingerprint density at radius 1 is 1.58 bits per heavy atom. The Morgan fingerprint density at radius 2 is 2.21 bits per heavy atom. The lowest BCUT2D eigenvalue weighted by Gasteiger charge is -2.09. The SMILES string of the molecule is CC(C#N)CNS(=O)(=O)c1ccc(Br)c(C(=O)O)c1. The van der Waals surface area contributed by atoms with E-state index in [0.717, 1.165) is 6.07 Å². The zero-order chi connectivity index (χ0) is 14.6. The lowest BCUT2D eigenvalue weighted by atomic mass is 10.2. The molecule has 19 heavy (non-hydrogen) atoms. The molecule has 0 bridgehead atoms. The van der Waals surface area contributed by atoms with Gasteiger partial charge < -0.3 is 5.11 Å². The van der Waals surface area contributed by atoms with Gasteiger partial charge in [0.2, 0.25) is 10.0 Å². The fraction of sp³-hybridized carbons (Fsp3) is 0.273. The topological polar surface area (TPSA) is 107 Å². The number of sulfonamides is 1. The van der Waals surface area contributed by atoms with Crippen LogP contribution in [0.2, 0.25) is 0 Å². The molecular formula is C11H11BrN2O4S. The summed E-state index contributed by atoms with van der Waals surface area (Å²) < 4.78 is 26.4. The molecule has 6 nitrogen and oxygen atoms in total. The summed E-state index contributed by atoms with van der Waals surface area (Å²) in [6.45, 7) is 1.55. The van der Waals surface area contributed by atoms with Crippen LogP contribution in [0.4, 0.5) is 0 Å². The maximum atomic E-state index is 11.9. The van der Waals surface area contributed by atoms with Crippen LogP contribution in [0, 0.1) is 17.2 Å². The fourth-order valence-electron chi connectivity index (χ4n) is 1.20. The second-order valence-corrected chi connectivity index (χ2v) is 6.45. The molecular weight excluding hydrogens is 336 g/mol. The number of carbonyl (C=O) groups is 1. The van der Waals surface area contributed by atoms with Crippen LogP contribution in [-0.2, 0) is 10.0 Å². The molecule has 0 aliphatic carbocycles. The van der Waals surface area contributed by atoms with E-state index in [2.05, 4.69) is 20.7 Å².